The lowest BCUT2D eigenvalue weighted by Crippen LogP contribution is -2.34. The molecular formula is C33H22OS. The monoisotopic (exact) mass is 466 g/mol. The molecule has 0 unspecified atom stereocenters. The van der Waals surface area contributed by atoms with E-state index in [0.29, 0.717) is 0 Å². The largest absolute Gasteiger partial charge is 0.376 e. The molecule has 5 aromatic rings. The standard InChI is InChI=1S/C33H22OS/c34-33(22-12-2-1-3-13-22)27-18-8-4-14-23(27)31(24-15-5-9-19-28(24)33)32-25-16-6-10-20-29(25)35-30-21-11-7-17-26(30)32/h1-21,34H. The Labute approximate surface area is 209 Å². The van der Waals surface area contributed by atoms with E-state index in [4.69, 9.17) is 0 Å². The summed E-state index contributed by atoms with van der Waals surface area (Å²) in [5, 5.41) is 12.5. The summed E-state index contributed by atoms with van der Waals surface area (Å²) in [4.78, 5) is 2.51. The molecule has 35 heavy (non-hydrogen) atoms. The van der Waals surface area contributed by atoms with Crippen molar-refractivity contribution < 1.29 is 5.11 Å². The molecule has 166 valence electrons. The second-order valence-corrected chi connectivity index (χ2v) is 10.1. The third-order valence-electron chi connectivity index (χ3n) is 7.15. The molecule has 2 aliphatic rings. The van der Waals surface area contributed by atoms with Crippen LogP contribution >= 0.6 is 11.8 Å². The van der Waals surface area contributed by atoms with Crippen molar-refractivity contribution in [2.45, 2.75) is 15.4 Å². The molecule has 1 aliphatic heterocycles. The minimum absolute atomic E-state index is 0.879. The average Bonchev–Trinajstić information content (AvgIpc) is 2.93. The van der Waals surface area contributed by atoms with Crippen LogP contribution in [0.15, 0.2) is 137 Å². The van der Waals surface area contributed by atoms with E-state index >= 15 is 0 Å². The van der Waals surface area contributed by atoms with Gasteiger partial charge in [0.05, 0.1) is 0 Å². The fraction of sp³-hybridized carbons (Fsp3) is 0.0303. The number of aliphatic hydroxyl groups is 1. The van der Waals surface area contributed by atoms with Crippen LogP contribution in [0.1, 0.15) is 38.9 Å². The molecule has 0 atom stereocenters. The zero-order valence-electron chi connectivity index (χ0n) is 19.0. The molecular weight excluding hydrogens is 444 g/mol. The lowest BCUT2D eigenvalue weighted by atomic mass is 9.68. The predicted molar refractivity (Wildman–Crippen MR) is 143 cm³/mol. The number of hydrogen-bond acceptors (Lipinski definition) is 2. The van der Waals surface area contributed by atoms with Gasteiger partial charge < -0.3 is 5.11 Å². The summed E-state index contributed by atoms with van der Waals surface area (Å²) >= 11 is 1.83. The zero-order valence-corrected chi connectivity index (χ0v) is 19.8. The van der Waals surface area contributed by atoms with Crippen molar-refractivity contribution in [2.24, 2.45) is 0 Å². The normalized spacial score (nSPS) is 17.7. The van der Waals surface area contributed by atoms with Gasteiger partial charge in [0.15, 0.2) is 0 Å². The highest BCUT2D eigenvalue weighted by Gasteiger charge is 2.43. The topological polar surface area (TPSA) is 20.2 Å². The van der Waals surface area contributed by atoms with Crippen LogP contribution in [0.5, 0.6) is 0 Å². The molecule has 7 rings (SSSR count). The maximum absolute atomic E-state index is 12.5. The van der Waals surface area contributed by atoms with Crippen molar-refractivity contribution in [3.63, 3.8) is 0 Å². The molecule has 1 aliphatic carbocycles. The first kappa shape index (κ1) is 20.5. The van der Waals surface area contributed by atoms with Gasteiger partial charge in [-0.3, -0.25) is 0 Å². The lowest BCUT2D eigenvalue weighted by molar-refractivity contribution is 0.124. The molecule has 0 radical (unpaired) electrons. The van der Waals surface area contributed by atoms with Crippen molar-refractivity contribution in [3.05, 3.63) is 166 Å². The van der Waals surface area contributed by atoms with Crippen LogP contribution in [0, 0.1) is 0 Å². The third kappa shape index (κ3) is 2.94. The molecule has 2 heteroatoms. The Balaban J connectivity index is 1.66. The van der Waals surface area contributed by atoms with E-state index in [1.165, 1.54) is 32.1 Å². The van der Waals surface area contributed by atoms with E-state index < -0.39 is 5.60 Å². The highest BCUT2D eigenvalue weighted by Crippen LogP contribution is 2.54. The van der Waals surface area contributed by atoms with Crippen LogP contribution in [-0.2, 0) is 5.60 Å². The Morgan fingerprint density at radius 2 is 0.829 bits per heavy atom. The number of benzene rings is 5. The summed E-state index contributed by atoms with van der Waals surface area (Å²) < 4.78 is 0. The maximum atomic E-state index is 12.5. The van der Waals surface area contributed by atoms with Crippen LogP contribution in [0.3, 0.4) is 0 Å². The van der Waals surface area contributed by atoms with Gasteiger partial charge in [0.1, 0.15) is 5.60 Å². The lowest BCUT2D eigenvalue weighted by Gasteiger charge is -2.39. The Morgan fingerprint density at radius 3 is 1.37 bits per heavy atom. The number of hydrogen-bond donors (Lipinski definition) is 1. The molecule has 0 fully saturated rings. The fourth-order valence-corrected chi connectivity index (χ4v) is 6.73. The van der Waals surface area contributed by atoms with Gasteiger partial charge >= 0.3 is 0 Å². The molecule has 0 saturated carbocycles. The molecule has 1 N–H and O–H groups in total. The van der Waals surface area contributed by atoms with Crippen molar-refractivity contribution >= 4 is 22.9 Å². The van der Waals surface area contributed by atoms with Gasteiger partial charge in [0.2, 0.25) is 0 Å². The van der Waals surface area contributed by atoms with Crippen molar-refractivity contribution in [1.82, 2.24) is 0 Å². The highest BCUT2D eigenvalue weighted by molar-refractivity contribution is 7.99. The van der Waals surface area contributed by atoms with Crippen LogP contribution in [-0.4, -0.2) is 5.11 Å². The number of rotatable bonds is 1. The van der Waals surface area contributed by atoms with Crippen molar-refractivity contribution in [1.29, 1.82) is 0 Å². The summed E-state index contributed by atoms with van der Waals surface area (Å²) in [5.74, 6) is 0. The highest BCUT2D eigenvalue weighted by atomic mass is 32.2. The molecule has 5 aromatic carbocycles. The smallest absolute Gasteiger partial charge is 0.141 e. The van der Waals surface area contributed by atoms with Gasteiger partial charge in [0.25, 0.3) is 0 Å². The van der Waals surface area contributed by atoms with Crippen LogP contribution < -0.4 is 0 Å². The van der Waals surface area contributed by atoms with Gasteiger partial charge in [-0.05, 0) is 51.1 Å². The van der Waals surface area contributed by atoms with Crippen LogP contribution in [0.4, 0.5) is 0 Å². The van der Waals surface area contributed by atoms with E-state index in [1.807, 2.05) is 54.2 Å². The molecule has 0 amide bonds. The Hall–Kier alpha value is -3.85. The maximum Gasteiger partial charge on any atom is 0.141 e. The first-order valence-electron chi connectivity index (χ1n) is 11.9. The summed E-state index contributed by atoms with van der Waals surface area (Å²) in [5.41, 5.74) is 8.50. The van der Waals surface area contributed by atoms with E-state index in [2.05, 4.69) is 84.9 Å². The summed E-state index contributed by atoms with van der Waals surface area (Å²) in [7, 11) is 0. The fourth-order valence-electron chi connectivity index (χ4n) is 5.64. The van der Waals surface area contributed by atoms with E-state index in [0.717, 1.165) is 27.8 Å². The zero-order chi connectivity index (χ0) is 23.4. The van der Waals surface area contributed by atoms with E-state index in [9.17, 15) is 5.11 Å². The third-order valence-corrected chi connectivity index (χ3v) is 8.30. The van der Waals surface area contributed by atoms with Gasteiger partial charge in [-0.1, -0.05) is 127 Å². The van der Waals surface area contributed by atoms with Crippen LogP contribution in [0.2, 0.25) is 0 Å². The molecule has 0 saturated heterocycles. The van der Waals surface area contributed by atoms with Crippen molar-refractivity contribution in [2.75, 3.05) is 0 Å². The van der Waals surface area contributed by atoms with Crippen molar-refractivity contribution in [3.8, 4) is 0 Å². The SMILES string of the molecule is OC1(c2ccccc2)c2ccccc2C(=C2c3ccccc3Sc3ccccc32)c2ccccc21. The quantitative estimate of drug-likeness (QED) is 0.267. The minimum Gasteiger partial charge on any atom is -0.376 e. The first-order valence-corrected chi connectivity index (χ1v) is 12.7. The first-order chi connectivity index (χ1) is 17.3. The molecule has 1 nitrogen and oxygen atoms in total. The summed E-state index contributed by atoms with van der Waals surface area (Å²) in [6.07, 6.45) is 0. The van der Waals surface area contributed by atoms with E-state index in [-0.39, 0.29) is 0 Å². The number of fused-ring (bicyclic) bond motifs is 4. The Morgan fingerprint density at radius 1 is 0.429 bits per heavy atom. The summed E-state index contributed by atoms with van der Waals surface area (Å²) in [6, 6.07) is 44.0. The summed E-state index contributed by atoms with van der Waals surface area (Å²) in [6.45, 7) is 0. The average molecular weight is 467 g/mol. The van der Waals surface area contributed by atoms with Gasteiger partial charge in [-0.25, -0.2) is 0 Å². The minimum atomic E-state index is -1.24. The van der Waals surface area contributed by atoms with Gasteiger partial charge in [0, 0.05) is 20.9 Å². The van der Waals surface area contributed by atoms with Crippen LogP contribution in [0.25, 0.3) is 11.1 Å². The predicted octanol–water partition coefficient (Wildman–Crippen LogP) is 7.76. The molecule has 0 aromatic heterocycles. The van der Waals surface area contributed by atoms with Gasteiger partial charge in [-0.15, -0.1) is 0 Å². The molecule has 1 heterocycles. The Kier molecular flexibility index (Phi) is 4.60. The molecule has 0 spiro atoms. The van der Waals surface area contributed by atoms with Gasteiger partial charge in [-0.2, -0.15) is 0 Å². The molecule has 0 bridgehead atoms. The second kappa shape index (κ2) is 7.84. The second-order valence-electron chi connectivity index (χ2n) is 9.01. The van der Waals surface area contributed by atoms with E-state index in [1.54, 1.807) is 0 Å². The Bertz CT molecular complexity index is 1530.